The summed E-state index contributed by atoms with van der Waals surface area (Å²) in [5, 5.41) is 0.641. The van der Waals surface area contributed by atoms with Crippen LogP contribution < -0.4 is 5.73 Å². The number of ketones is 1. The van der Waals surface area contributed by atoms with Crippen molar-refractivity contribution in [2.45, 2.75) is 26.3 Å². The number of halogens is 1. The van der Waals surface area contributed by atoms with Crippen molar-refractivity contribution in [2.75, 3.05) is 0 Å². The average Bonchev–Trinajstić information content (AvgIpc) is 2.20. The summed E-state index contributed by atoms with van der Waals surface area (Å²) in [5.41, 5.74) is 6.55. The molecule has 0 spiro atoms. The molecule has 1 rings (SSSR count). The van der Waals surface area contributed by atoms with Crippen LogP contribution in [0.2, 0.25) is 5.02 Å². The number of Topliss-reactive ketones (excluding diaryl/α,β-unsaturated/α-hetero) is 1. The first-order chi connectivity index (χ1) is 7.02. The summed E-state index contributed by atoms with van der Waals surface area (Å²) in [6.45, 7) is 3.69. The van der Waals surface area contributed by atoms with Gasteiger partial charge in [-0.1, -0.05) is 36.7 Å². The highest BCUT2D eigenvalue weighted by Crippen LogP contribution is 2.17. The molecule has 1 aromatic rings. The van der Waals surface area contributed by atoms with E-state index < -0.39 is 0 Å². The zero-order valence-electron chi connectivity index (χ0n) is 9.03. The maximum atomic E-state index is 11.8. The molecule has 0 saturated heterocycles. The van der Waals surface area contributed by atoms with Crippen molar-refractivity contribution in [1.29, 1.82) is 0 Å². The van der Waals surface area contributed by atoms with Gasteiger partial charge in [-0.25, -0.2) is 0 Å². The first-order valence-corrected chi connectivity index (χ1v) is 5.42. The van der Waals surface area contributed by atoms with Gasteiger partial charge >= 0.3 is 0 Å². The number of benzene rings is 1. The molecule has 0 radical (unpaired) electrons. The van der Waals surface area contributed by atoms with E-state index in [2.05, 4.69) is 0 Å². The van der Waals surface area contributed by atoms with E-state index in [1.54, 1.807) is 6.07 Å². The van der Waals surface area contributed by atoms with Gasteiger partial charge in [0.25, 0.3) is 0 Å². The monoisotopic (exact) mass is 225 g/mol. The molecule has 82 valence electrons. The zero-order chi connectivity index (χ0) is 11.4. The molecule has 2 N–H and O–H groups in total. The van der Waals surface area contributed by atoms with Crippen LogP contribution in [0.3, 0.4) is 0 Å². The van der Waals surface area contributed by atoms with Crippen molar-refractivity contribution >= 4 is 17.4 Å². The summed E-state index contributed by atoms with van der Waals surface area (Å²) in [5.74, 6) is 0.0133. The molecule has 0 aliphatic carbocycles. The molecule has 0 aliphatic heterocycles. The summed E-state index contributed by atoms with van der Waals surface area (Å²) < 4.78 is 0. The van der Waals surface area contributed by atoms with Gasteiger partial charge in [-0.3, -0.25) is 4.79 Å². The lowest BCUT2D eigenvalue weighted by Gasteiger charge is -2.14. The van der Waals surface area contributed by atoms with Gasteiger partial charge in [0.1, 0.15) is 5.78 Å². The van der Waals surface area contributed by atoms with E-state index in [9.17, 15) is 4.79 Å². The fraction of sp³-hybridized carbons (Fsp3) is 0.417. The Kier molecular flexibility index (Phi) is 4.30. The van der Waals surface area contributed by atoms with E-state index in [0.717, 1.165) is 5.56 Å². The Morgan fingerprint density at radius 3 is 2.53 bits per heavy atom. The van der Waals surface area contributed by atoms with Crippen molar-refractivity contribution in [2.24, 2.45) is 11.7 Å². The lowest BCUT2D eigenvalue weighted by Crippen LogP contribution is -2.31. The normalized spacial score (nSPS) is 14.7. The second kappa shape index (κ2) is 5.29. The topological polar surface area (TPSA) is 43.1 Å². The van der Waals surface area contributed by atoms with Crippen LogP contribution in [0, 0.1) is 5.92 Å². The molecule has 1 aromatic carbocycles. The van der Waals surface area contributed by atoms with Crippen LogP contribution in [0.15, 0.2) is 24.3 Å². The van der Waals surface area contributed by atoms with Gasteiger partial charge in [-0.2, -0.15) is 0 Å². The first kappa shape index (κ1) is 12.2. The molecule has 0 bridgehead atoms. The molecule has 0 fully saturated rings. The molecule has 0 amide bonds. The Balaban J connectivity index is 2.71. The second-order valence-electron chi connectivity index (χ2n) is 3.88. The number of rotatable bonds is 4. The molecule has 0 aromatic heterocycles. The molecule has 0 aliphatic rings. The lowest BCUT2D eigenvalue weighted by molar-refractivity contribution is -0.122. The largest absolute Gasteiger partial charge is 0.327 e. The number of hydrogen-bond donors (Lipinski definition) is 1. The van der Waals surface area contributed by atoms with Gasteiger partial charge in [0.2, 0.25) is 0 Å². The molecule has 2 unspecified atom stereocenters. The quantitative estimate of drug-likeness (QED) is 0.856. The molecular weight excluding hydrogens is 210 g/mol. The summed E-state index contributed by atoms with van der Waals surface area (Å²) in [6.07, 6.45) is 0.363. The standard InChI is InChI=1S/C12H16ClNO/c1-8(9(2)14)12(15)7-10-5-3-4-6-11(10)13/h3-6,8-9H,7,14H2,1-2H3. The van der Waals surface area contributed by atoms with Gasteiger partial charge in [-0.15, -0.1) is 0 Å². The number of nitrogens with two attached hydrogens (primary N) is 1. The Labute approximate surface area is 95.4 Å². The molecule has 2 nitrogen and oxygen atoms in total. The van der Waals surface area contributed by atoms with Gasteiger partial charge in [-0.05, 0) is 18.6 Å². The van der Waals surface area contributed by atoms with Crippen LogP contribution >= 0.6 is 11.6 Å². The highest BCUT2D eigenvalue weighted by atomic mass is 35.5. The molecule has 2 atom stereocenters. The smallest absolute Gasteiger partial charge is 0.141 e. The van der Waals surface area contributed by atoms with Crippen LogP contribution in [0.25, 0.3) is 0 Å². The van der Waals surface area contributed by atoms with Crippen LogP contribution in [0.5, 0.6) is 0 Å². The van der Waals surface area contributed by atoms with E-state index >= 15 is 0 Å². The van der Waals surface area contributed by atoms with E-state index in [-0.39, 0.29) is 17.7 Å². The fourth-order valence-corrected chi connectivity index (χ4v) is 1.49. The molecule has 15 heavy (non-hydrogen) atoms. The molecule has 3 heteroatoms. The SMILES string of the molecule is CC(N)C(C)C(=O)Cc1ccccc1Cl. The van der Waals surface area contributed by atoms with Crippen LogP contribution in [0.4, 0.5) is 0 Å². The van der Waals surface area contributed by atoms with Crippen molar-refractivity contribution in [1.82, 2.24) is 0 Å². The maximum absolute atomic E-state index is 11.8. The van der Waals surface area contributed by atoms with Crippen LogP contribution in [-0.4, -0.2) is 11.8 Å². The van der Waals surface area contributed by atoms with Gasteiger partial charge in [0.05, 0.1) is 0 Å². The third-order valence-electron chi connectivity index (χ3n) is 2.62. The Morgan fingerprint density at radius 2 is 2.00 bits per heavy atom. The third kappa shape index (κ3) is 3.33. The Hall–Kier alpha value is -0.860. The minimum atomic E-state index is -0.124. The lowest BCUT2D eigenvalue weighted by atomic mass is 9.94. The Morgan fingerprint density at radius 1 is 1.40 bits per heavy atom. The van der Waals surface area contributed by atoms with E-state index in [1.807, 2.05) is 32.0 Å². The van der Waals surface area contributed by atoms with Crippen LogP contribution in [0.1, 0.15) is 19.4 Å². The summed E-state index contributed by atoms with van der Waals surface area (Å²) in [6, 6.07) is 7.28. The zero-order valence-corrected chi connectivity index (χ0v) is 9.79. The highest BCUT2D eigenvalue weighted by molar-refractivity contribution is 6.31. The summed E-state index contributed by atoms with van der Waals surface area (Å²) in [4.78, 5) is 11.8. The van der Waals surface area contributed by atoms with Crippen LogP contribution in [-0.2, 0) is 11.2 Å². The van der Waals surface area contributed by atoms with Crippen molar-refractivity contribution in [3.8, 4) is 0 Å². The molecular formula is C12H16ClNO. The molecule has 0 heterocycles. The Bertz CT molecular complexity index is 349. The van der Waals surface area contributed by atoms with Crippen molar-refractivity contribution in [3.05, 3.63) is 34.9 Å². The summed E-state index contributed by atoms with van der Waals surface area (Å²) in [7, 11) is 0. The third-order valence-corrected chi connectivity index (χ3v) is 2.99. The van der Waals surface area contributed by atoms with Gasteiger partial charge in [0, 0.05) is 23.4 Å². The van der Waals surface area contributed by atoms with E-state index in [1.165, 1.54) is 0 Å². The number of carbonyl (C=O) groups is 1. The number of carbonyl (C=O) groups excluding carboxylic acids is 1. The van der Waals surface area contributed by atoms with Crippen molar-refractivity contribution in [3.63, 3.8) is 0 Å². The van der Waals surface area contributed by atoms with E-state index in [4.69, 9.17) is 17.3 Å². The molecule has 0 saturated carbocycles. The first-order valence-electron chi connectivity index (χ1n) is 5.04. The minimum absolute atomic E-state index is 0.111. The van der Waals surface area contributed by atoms with E-state index in [0.29, 0.717) is 11.4 Å². The summed E-state index contributed by atoms with van der Waals surface area (Å²) >= 11 is 5.97. The predicted octanol–water partition coefficient (Wildman–Crippen LogP) is 2.43. The average molecular weight is 226 g/mol. The van der Waals surface area contributed by atoms with Gasteiger partial charge < -0.3 is 5.73 Å². The number of hydrogen-bond acceptors (Lipinski definition) is 2. The van der Waals surface area contributed by atoms with Crippen molar-refractivity contribution < 1.29 is 4.79 Å². The predicted molar refractivity (Wildman–Crippen MR) is 63.0 cm³/mol. The second-order valence-corrected chi connectivity index (χ2v) is 4.29. The highest BCUT2D eigenvalue weighted by Gasteiger charge is 2.17. The fourth-order valence-electron chi connectivity index (χ4n) is 1.28. The maximum Gasteiger partial charge on any atom is 0.141 e. The minimum Gasteiger partial charge on any atom is -0.327 e. The van der Waals surface area contributed by atoms with Gasteiger partial charge in [0.15, 0.2) is 0 Å².